The fraction of sp³-hybridized carbons (Fsp3) is 0.300. The molecule has 0 aliphatic rings. The standard InChI is InChI=1S/C20H22BrN7O2/c1-5-19(24-23-14(3)17-11-15(21)9-10-22-17)30-12-16-13(2)7-6-8-18(16)28-20(29)27(4)25-26-28/h6-11H,5,12H2,1-4H3/b23-14+,24-19+. The summed E-state index contributed by atoms with van der Waals surface area (Å²) in [6.45, 7) is 5.95. The molecule has 3 aromatic rings. The molecule has 30 heavy (non-hydrogen) atoms. The first-order chi connectivity index (χ1) is 14.4. The highest BCUT2D eigenvalue weighted by Gasteiger charge is 2.14. The first kappa shape index (κ1) is 21.6. The average molecular weight is 472 g/mol. The zero-order chi connectivity index (χ0) is 21.7. The molecule has 2 heterocycles. The lowest BCUT2D eigenvalue weighted by Gasteiger charge is -2.13. The normalized spacial score (nSPS) is 12.3. The maximum Gasteiger partial charge on any atom is 0.368 e. The average Bonchev–Trinajstić information content (AvgIpc) is 3.07. The van der Waals surface area contributed by atoms with E-state index in [4.69, 9.17) is 4.74 Å². The Morgan fingerprint density at radius 2 is 2.03 bits per heavy atom. The zero-order valence-corrected chi connectivity index (χ0v) is 18.8. The summed E-state index contributed by atoms with van der Waals surface area (Å²) in [5.41, 5.74) is 3.50. The van der Waals surface area contributed by atoms with E-state index >= 15 is 0 Å². The van der Waals surface area contributed by atoms with Crippen LogP contribution in [0, 0.1) is 6.92 Å². The Morgan fingerprint density at radius 3 is 2.70 bits per heavy atom. The van der Waals surface area contributed by atoms with Crippen LogP contribution in [0.1, 0.15) is 37.1 Å². The fourth-order valence-corrected chi connectivity index (χ4v) is 3.01. The van der Waals surface area contributed by atoms with Gasteiger partial charge in [0.15, 0.2) is 0 Å². The predicted octanol–water partition coefficient (Wildman–Crippen LogP) is 3.18. The molecule has 0 spiro atoms. The molecule has 0 radical (unpaired) electrons. The first-order valence-electron chi connectivity index (χ1n) is 9.34. The van der Waals surface area contributed by atoms with E-state index in [9.17, 15) is 4.79 Å². The molecule has 0 atom stereocenters. The molecule has 1 aromatic carbocycles. The molecule has 9 nitrogen and oxygen atoms in total. The van der Waals surface area contributed by atoms with Gasteiger partial charge in [0, 0.05) is 29.7 Å². The van der Waals surface area contributed by atoms with E-state index in [1.165, 1.54) is 9.36 Å². The number of hydrogen-bond donors (Lipinski definition) is 0. The number of rotatable bonds is 6. The monoisotopic (exact) mass is 471 g/mol. The minimum absolute atomic E-state index is 0.224. The van der Waals surface area contributed by atoms with Gasteiger partial charge in [-0.05, 0) is 48.0 Å². The van der Waals surface area contributed by atoms with Gasteiger partial charge in [-0.15, -0.1) is 5.10 Å². The number of aryl methyl sites for hydroxylation is 2. The molecule has 0 unspecified atom stereocenters. The molecule has 156 valence electrons. The Balaban J connectivity index is 1.83. The van der Waals surface area contributed by atoms with Gasteiger partial charge in [0.25, 0.3) is 0 Å². The second kappa shape index (κ2) is 9.57. The summed E-state index contributed by atoms with van der Waals surface area (Å²) < 4.78 is 9.28. The van der Waals surface area contributed by atoms with Crippen molar-refractivity contribution in [2.24, 2.45) is 17.3 Å². The topological polar surface area (TPSA) is 99.5 Å². The number of nitrogens with zero attached hydrogens (tertiary/aromatic N) is 7. The van der Waals surface area contributed by atoms with Gasteiger partial charge in [0.2, 0.25) is 5.90 Å². The van der Waals surface area contributed by atoms with Gasteiger partial charge in [-0.3, -0.25) is 4.98 Å². The molecule has 0 fully saturated rings. The Morgan fingerprint density at radius 1 is 1.23 bits per heavy atom. The molecule has 0 bridgehead atoms. The maximum atomic E-state index is 12.3. The maximum absolute atomic E-state index is 12.3. The van der Waals surface area contributed by atoms with Gasteiger partial charge in [-0.25, -0.2) is 4.79 Å². The Labute approximate surface area is 182 Å². The molecule has 0 saturated heterocycles. The predicted molar refractivity (Wildman–Crippen MR) is 118 cm³/mol. The number of ether oxygens (including phenoxy) is 1. The van der Waals surface area contributed by atoms with Crippen LogP contribution in [0.3, 0.4) is 0 Å². The van der Waals surface area contributed by atoms with Crippen LogP contribution < -0.4 is 5.69 Å². The second-order valence-electron chi connectivity index (χ2n) is 6.55. The number of pyridine rings is 1. The quantitative estimate of drug-likeness (QED) is 0.312. The Hall–Kier alpha value is -3.14. The van der Waals surface area contributed by atoms with Gasteiger partial charge in [-0.1, -0.05) is 35.0 Å². The summed E-state index contributed by atoms with van der Waals surface area (Å²) in [5.74, 6) is 0.477. The molecule has 10 heteroatoms. The molecular formula is C20H22BrN7O2. The molecule has 3 rings (SSSR count). The molecule has 0 saturated carbocycles. The van der Waals surface area contributed by atoms with Crippen LogP contribution in [0.15, 0.2) is 56.0 Å². The van der Waals surface area contributed by atoms with Crippen molar-refractivity contribution in [1.29, 1.82) is 0 Å². The minimum Gasteiger partial charge on any atom is -0.475 e. The summed E-state index contributed by atoms with van der Waals surface area (Å²) in [5, 5.41) is 16.2. The highest BCUT2D eigenvalue weighted by Crippen LogP contribution is 2.18. The van der Waals surface area contributed by atoms with E-state index in [0.717, 1.165) is 21.3 Å². The van der Waals surface area contributed by atoms with Crippen LogP contribution >= 0.6 is 15.9 Å². The van der Waals surface area contributed by atoms with Crippen molar-refractivity contribution in [3.05, 3.63) is 68.3 Å². The number of tetrazole rings is 1. The van der Waals surface area contributed by atoms with Gasteiger partial charge < -0.3 is 4.74 Å². The molecular weight excluding hydrogens is 450 g/mol. The van der Waals surface area contributed by atoms with Crippen LogP contribution in [0.4, 0.5) is 0 Å². The van der Waals surface area contributed by atoms with Crippen molar-refractivity contribution in [2.45, 2.75) is 33.8 Å². The molecule has 0 aliphatic carbocycles. The first-order valence-corrected chi connectivity index (χ1v) is 10.1. The van der Waals surface area contributed by atoms with E-state index in [0.29, 0.717) is 23.7 Å². The van der Waals surface area contributed by atoms with Crippen LogP contribution in [0.5, 0.6) is 0 Å². The summed E-state index contributed by atoms with van der Waals surface area (Å²) in [7, 11) is 1.56. The van der Waals surface area contributed by atoms with E-state index in [1.54, 1.807) is 13.2 Å². The summed E-state index contributed by atoms with van der Waals surface area (Å²) in [4.78, 5) is 16.6. The second-order valence-corrected chi connectivity index (χ2v) is 7.47. The fourth-order valence-electron chi connectivity index (χ4n) is 2.68. The SMILES string of the molecule is CC/C(=N\N=C(/C)c1cc(Br)ccn1)OCc1c(C)cccc1-n1nnn(C)c1=O. The highest BCUT2D eigenvalue weighted by atomic mass is 79.9. The van der Waals surface area contributed by atoms with E-state index in [2.05, 4.69) is 41.5 Å². The van der Waals surface area contributed by atoms with Crippen molar-refractivity contribution in [3.63, 3.8) is 0 Å². The van der Waals surface area contributed by atoms with Crippen LogP contribution in [-0.2, 0) is 18.4 Å². The third-order valence-electron chi connectivity index (χ3n) is 4.43. The van der Waals surface area contributed by atoms with E-state index in [-0.39, 0.29) is 12.3 Å². The van der Waals surface area contributed by atoms with Gasteiger partial charge in [-0.2, -0.15) is 14.5 Å². The van der Waals surface area contributed by atoms with Crippen molar-refractivity contribution >= 4 is 27.5 Å². The summed E-state index contributed by atoms with van der Waals surface area (Å²) in [6, 6.07) is 9.35. The smallest absolute Gasteiger partial charge is 0.368 e. The Kier molecular flexibility index (Phi) is 6.88. The lowest BCUT2D eigenvalue weighted by Crippen LogP contribution is -2.23. The largest absolute Gasteiger partial charge is 0.475 e. The van der Waals surface area contributed by atoms with Gasteiger partial charge in [0.05, 0.1) is 17.1 Å². The number of halogens is 1. The molecule has 0 N–H and O–H groups in total. The lowest BCUT2D eigenvalue weighted by molar-refractivity contribution is 0.282. The number of aromatic nitrogens is 5. The number of benzene rings is 1. The van der Waals surface area contributed by atoms with Gasteiger partial charge in [0.1, 0.15) is 6.61 Å². The van der Waals surface area contributed by atoms with Crippen LogP contribution in [0.25, 0.3) is 5.69 Å². The highest BCUT2D eigenvalue weighted by molar-refractivity contribution is 9.10. The van der Waals surface area contributed by atoms with Crippen molar-refractivity contribution in [3.8, 4) is 5.69 Å². The van der Waals surface area contributed by atoms with Crippen molar-refractivity contribution in [2.75, 3.05) is 0 Å². The number of hydrogen-bond acceptors (Lipinski definition) is 7. The van der Waals surface area contributed by atoms with E-state index < -0.39 is 0 Å². The van der Waals surface area contributed by atoms with Crippen molar-refractivity contribution < 1.29 is 4.74 Å². The lowest BCUT2D eigenvalue weighted by atomic mass is 10.1. The molecule has 0 amide bonds. The van der Waals surface area contributed by atoms with E-state index in [1.807, 2.05) is 51.1 Å². The third-order valence-corrected chi connectivity index (χ3v) is 4.92. The van der Waals surface area contributed by atoms with Crippen LogP contribution in [-0.4, -0.2) is 36.4 Å². The Bertz CT molecular complexity index is 1160. The zero-order valence-electron chi connectivity index (χ0n) is 17.2. The minimum atomic E-state index is -0.326. The molecule has 2 aromatic heterocycles. The van der Waals surface area contributed by atoms with Crippen molar-refractivity contribution in [1.82, 2.24) is 24.8 Å². The summed E-state index contributed by atoms with van der Waals surface area (Å²) in [6.07, 6.45) is 2.27. The molecule has 0 aliphatic heterocycles. The van der Waals surface area contributed by atoms with Crippen LogP contribution in [0.2, 0.25) is 0 Å². The van der Waals surface area contributed by atoms with Gasteiger partial charge >= 0.3 is 5.69 Å². The third kappa shape index (κ3) is 4.88. The summed E-state index contributed by atoms with van der Waals surface area (Å²) >= 11 is 3.42.